The van der Waals surface area contributed by atoms with E-state index in [0.717, 1.165) is 35.2 Å². The SMILES string of the molecule is CC(O)(O)CCCSC(C1=NOC(CCCOCc2ccc3c(c2)OCCOCCOCCOc2ccccc2OCCOCCOCCO3)C1)(c1ccccc1)c1ccccc1. The molecule has 4 aromatic rings. The van der Waals surface area contributed by atoms with E-state index in [9.17, 15) is 10.2 Å². The zero-order valence-corrected chi connectivity index (χ0v) is 37.2. The Labute approximate surface area is 375 Å². The molecule has 0 fully saturated rings. The fourth-order valence-corrected chi connectivity index (χ4v) is 8.66. The molecule has 2 heterocycles. The van der Waals surface area contributed by atoms with Gasteiger partial charge in [-0.15, -0.1) is 11.8 Å². The van der Waals surface area contributed by atoms with Crippen LogP contribution in [0.4, 0.5) is 0 Å². The predicted molar refractivity (Wildman–Crippen MR) is 242 cm³/mol. The number of ether oxygens (including phenoxy) is 9. The van der Waals surface area contributed by atoms with Gasteiger partial charge in [0.1, 0.15) is 37.3 Å². The van der Waals surface area contributed by atoms with E-state index >= 15 is 0 Å². The summed E-state index contributed by atoms with van der Waals surface area (Å²) in [6.45, 7) is 7.16. The van der Waals surface area contributed by atoms with Crippen molar-refractivity contribution < 1.29 is 57.7 Å². The first-order chi connectivity index (χ1) is 30.9. The Morgan fingerprint density at radius 3 is 1.63 bits per heavy atom. The van der Waals surface area contributed by atoms with Crippen LogP contribution in [0.2, 0.25) is 0 Å². The zero-order chi connectivity index (χ0) is 43.8. The van der Waals surface area contributed by atoms with E-state index in [-0.39, 0.29) is 12.5 Å². The smallest absolute Gasteiger partial charge is 0.161 e. The quantitative estimate of drug-likeness (QED) is 0.0949. The molecule has 14 heteroatoms. The van der Waals surface area contributed by atoms with Gasteiger partial charge in [-0.25, -0.2) is 0 Å². The molecule has 4 aromatic carbocycles. The van der Waals surface area contributed by atoms with Gasteiger partial charge < -0.3 is 57.7 Å². The molecule has 2 aliphatic heterocycles. The molecule has 13 nitrogen and oxygen atoms in total. The van der Waals surface area contributed by atoms with Crippen LogP contribution in [-0.2, 0) is 39.9 Å². The fourth-order valence-electron chi connectivity index (χ4n) is 7.17. The summed E-state index contributed by atoms with van der Waals surface area (Å²) in [6.07, 6.45) is 3.07. The third-order valence-electron chi connectivity index (χ3n) is 10.2. The monoisotopic (exact) mass is 889 g/mol. The Kier molecular flexibility index (Phi) is 20.2. The second-order valence-corrected chi connectivity index (χ2v) is 16.6. The maximum atomic E-state index is 9.97. The van der Waals surface area contributed by atoms with Gasteiger partial charge in [0.2, 0.25) is 0 Å². The molecule has 63 heavy (non-hydrogen) atoms. The predicted octanol–water partition coefficient (Wildman–Crippen LogP) is 7.58. The van der Waals surface area contributed by atoms with Crippen LogP contribution in [0.5, 0.6) is 23.0 Å². The van der Waals surface area contributed by atoms with Crippen LogP contribution >= 0.6 is 11.8 Å². The summed E-state index contributed by atoms with van der Waals surface area (Å²) in [4.78, 5) is 6.11. The average molecular weight is 890 g/mol. The number of rotatable bonds is 14. The average Bonchev–Trinajstić information content (AvgIpc) is 3.77. The van der Waals surface area contributed by atoms with Crippen molar-refractivity contribution in [2.45, 2.75) is 62.3 Å². The molecule has 0 spiro atoms. The van der Waals surface area contributed by atoms with Gasteiger partial charge in [-0.3, -0.25) is 0 Å². The zero-order valence-electron chi connectivity index (χ0n) is 36.4. The van der Waals surface area contributed by atoms with Gasteiger partial charge in [-0.2, -0.15) is 0 Å². The largest absolute Gasteiger partial charge is 0.487 e. The molecule has 0 bridgehead atoms. The van der Waals surface area contributed by atoms with Gasteiger partial charge in [-0.1, -0.05) is 84.0 Å². The van der Waals surface area contributed by atoms with Crippen molar-refractivity contribution in [1.82, 2.24) is 0 Å². The highest BCUT2D eigenvalue weighted by Gasteiger charge is 2.44. The highest BCUT2D eigenvalue weighted by Crippen LogP contribution is 2.47. The number of hydrogen-bond acceptors (Lipinski definition) is 14. The Hall–Kier alpha value is -4.38. The van der Waals surface area contributed by atoms with Crippen molar-refractivity contribution in [3.8, 4) is 23.0 Å². The summed E-state index contributed by atoms with van der Waals surface area (Å²) in [6, 6.07) is 34.1. The standard InChI is InChI=1S/C49H63NO12S/c1-48(51,52)21-11-35-63-49(40-12-4-2-5-13-40,41-14-6-3-7-15-41)47-37-42(62-50-47)16-10-22-57-38-39-19-20-45-46(36-39)61-34-30-56-26-25-54-28-32-59-44-18-9-8-17-43(44)58-31-27-53-23-24-55-29-33-60-45/h2-9,12-15,17-20,36,42,51-52H,10-11,16,21-35,37-38H2,1H3. The first-order valence-electron chi connectivity index (χ1n) is 22.0. The van der Waals surface area contributed by atoms with Crippen LogP contribution in [0.25, 0.3) is 0 Å². The van der Waals surface area contributed by atoms with E-state index in [1.54, 1.807) is 11.8 Å². The van der Waals surface area contributed by atoms with Gasteiger partial charge >= 0.3 is 0 Å². The van der Waals surface area contributed by atoms with Gasteiger partial charge in [0.05, 0.1) is 65.2 Å². The summed E-state index contributed by atoms with van der Waals surface area (Å²) in [5.74, 6) is 1.54. The van der Waals surface area contributed by atoms with Gasteiger partial charge in [0.15, 0.2) is 28.8 Å². The van der Waals surface area contributed by atoms with Crippen molar-refractivity contribution in [2.24, 2.45) is 5.16 Å². The number of oxime groups is 1. The molecule has 342 valence electrons. The van der Waals surface area contributed by atoms with E-state index in [4.69, 9.17) is 52.6 Å². The minimum absolute atomic E-state index is 0.0855. The Morgan fingerprint density at radius 2 is 1.10 bits per heavy atom. The first kappa shape index (κ1) is 48.1. The number of fused-ring (bicyclic) bond motifs is 2. The summed E-state index contributed by atoms with van der Waals surface area (Å²) in [7, 11) is 0. The van der Waals surface area contributed by atoms with Crippen molar-refractivity contribution in [1.29, 1.82) is 0 Å². The summed E-state index contributed by atoms with van der Waals surface area (Å²) in [5.41, 5.74) is 4.14. The van der Waals surface area contributed by atoms with Gasteiger partial charge in [0, 0.05) is 19.4 Å². The number of aliphatic hydroxyl groups is 2. The molecule has 1 atom stereocenters. The third-order valence-corrected chi connectivity index (χ3v) is 11.9. The Bertz CT molecular complexity index is 1870. The molecule has 0 radical (unpaired) electrons. The van der Waals surface area contributed by atoms with Crippen LogP contribution in [0.15, 0.2) is 108 Å². The third kappa shape index (κ3) is 16.0. The van der Waals surface area contributed by atoms with Crippen LogP contribution in [0, 0.1) is 0 Å². The molecule has 0 aromatic heterocycles. The summed E-state index contributed by atoms with van der Waals surface area (Å²) >= 11 is 1.76. The number of para-hydroxylation sites is 2. The lowest BCUT2D eigenvalue weighted by atomic mass is 9.83. The molecule has 0 amide bonds. The molecule has 0 saturated carbocycles. The molecular formula is C49H63NO12S. The minimum Gasteiger partial charge on any atom is -0.487 e. The number of hydrogen-bond donors (Lipinski definition) is 2. The number of benzene rings is 4. The van der Waals surface area contributed by atoms with E-state index in [1.165, 1.54) is 6.92 Å². The topological polar surface area (TPSA) is 145 Å². The van der Waals surface area contributed by atoms with Crippen LogP contribution < -0.4 is 18.9 Å². The van der Waals surface area contributed by atoms with Crippen LogP contribution in [0.3, 0.4) is 0 Å². The summed E-state index contributed by atoms with van der Waals surface area (Å²) in [5, 5.41) is 24.7. The van der Waals surface area contributed by atoms with Gasteiger partial charge in [-0.05, 0) is 72.9 Å². The molecular weight excluding hydrogens is 827 g/mol. The van der Waals surface area contributed by atoms with E-state index in [0.29, 0.717) is 134 Å². The van der Waals surface area contributed by atoms with Crippen molar-refractivity contribution in [2.75, 3.05) is 91.6 Å². The molecule has 6 rings (SSSR count). The minimum atomic E-state index is -1.71. The lowest BCUT2D eigenvalue weighted by molar-refractivity contribution is -0.149. The van der Waals surface area contributed by atoms with Crippen LogP contribution in [0.1, 0.15) is 55.7 Å². The Morgan fingerprint density at radius 1 is 0.603 bits per heavy atom. The molecule has 2 aliphatic rings. The Balaban J connectivity index is 0.975. The van der Waals surface area contributed by atoms with E-state index in [2.05, 4.69) is 24.3 Å². The maximum absolute atomic E-state index is 9.97. The molecule has 0 saturated heterocycles. The van der Waals surface area contributed by atoms with E-state index < -0.39 is 10.5 Å². The van der Waals surface area contributed by atoms with Crippen LogP contribution in [-0.4, -0.2) is 119 Å². The lowest BCUT2D eigenvalue weighted by Crippen LogP contribution is -2.34. The molecule has 2 N–H and O–H groups in total. The normalized spacial score (nSPS) is 17.8. The second-order valence-electron chi connectivity index (χ2n) is 15.3. The maximum Gasteiger partial charge on any atom is 0.161 e. The van der Waals surface area contributed by atoms with Crippen molar-refractivity contribution >= 4 is 17.5 Å². The van der Waals surface area contributed by atoms with Crippen molar-refractivity contribution in [3.63, 3.8) is 0 Å². The molecule has 0 aliphatic carbocycles. The summed E-state index contributed by atoms with van der Waals surface area (Å²) < 4.78 is 52.4. The second kappa shape index (κ2) is 26.4. The number of nitrogens with zero attached hydrogens (tertiary/aromatic N) is 1. The first-order valence-corrected chi connectivity index (χ1v) is 22.9. The fraction of sp³-hybridized carbons (Fsp3) is 0.490. The van der Waals surface area contributed by atoms with Crippen molar-refractivity contribution in [3.05, 3.63) is 120 Å². The number of thioether (sulfide) groups is 1. The van der Waals surface area contributed by atoms with E-state index in [1.807, 2.05) is 78.9 Å². The van der Waals surface area contributed by atoms with Gasteiger partial charge in [0.25, 0.3) is 0 Å². The highest BCUT2D eigenvalue weighted by molar-refractivity contribution is 8.01. The lowest BCUT2D eigenvalue weighted by Gasteiger charge is -2.34. The highest BCUT2D eigenvalue weighted by atomic mass is 32.2. The molecule has 1 unspecified atom stereocenters.